The Morgan fingerprint density at radius 1 is 1.20 bits per heavy atom. The molecule has 3 heteroatoms. The minimum Gasteiger partial charge on any atom is -0.480 e. The minimum atomic E-state index is -0.915. The highest BCUT2D eigenvalue weighted by Crippen LogP contribution is 2.47. The Labute approximate surface area is 90.1 Å². The van der Waals surface area contributed by atoms with Crippen molar-refractivity contribution in [3.63, 3.8) is 0 Å². The van der Waals surface area contributed by atoms with Crippen molar-refractivity contribution < 1.29 is 9.90 Å². The van der Waals surface area contributed by atoms with Gasteiger partial charge in [-0.2, -0.15) is 5.26 Å². The highest BCUT2D eigenvalue weighted by Gasteiger charge is 2.43. The van der Waals surface area contributed by atoms with E-state index < -0.39 is 11.9 Å². The number of hydrogen-bond acceptors (Lipinski definition) is 2. The van der Waals surface area contributed by atoms with Gasteiger partial charge in [0.1, 0.15) is 5.92 Å². The Kier molecular flexibility index (Phi) is 2.95. The lowest BCUT2D eigenvalue weighted by atomic mass is 9.60. The number of aliphatic carboxylic acids is 1. The summed E-state index contributed by atoms with van der Waals surface area (Å²) < 4.78 is 0. The third-order valence-corrected chi connectivity index (χ3v) is 4.18. The van der Waals surface area contributed by atoms with Crippen LogP contribution in [0.1, 0.15) is 38.5 Å². The van der Waals surface area contributed by atoms with Gasteiger partial charge in [-0.1, -0.05) is 38.5 Å². The number of nitrogens with zero attached hydrogens (tertiary/aromatic N) is 1. The maximum absolute atomic E-state index is 11.0. The van der Waals surface area contributed by atoms with Crippen LogP contribution < -0.4 is 0 Å². The van der Waals surface area contributed by atoms with Crippen LogP contribution in [-0.4, -0.2) is 11.1 Å². The summed E-state index contributed by atoms with van der Waals surface area (Å²) >= 11 is 0. The molecular formula is C12H17NO2. The third-order valence-electron chi connectivity index (χ3n) is 4.18. The summed E-state index contributed by atoms with van der Waals surface area (Å²) in [6.07, 6.45) is 6.98. The highest BCUT2D eigenvalue weighted by atomic mass is 16.4. The molecule has 2 aliphatic carbocycles. The van der Waals surface area contributed by atoms with Crippen LogP contribution in [0.25, 0.3) is 0 Å². The van der Waals surface area contributed by atoms with Crippen molar-refractivity contribution in [2.24, 2.45) is 23.7 Å². The van der Waals surface area contributed by atoms with Crippen LogP contribution in [0, 0.1) is 35.0 Å². The van der Waals surface area contributed by atoms with Gasteiger partial charge in [0.2, 0.25) is 0 Å². The zero-order chi connectivity index (χ0) is 10.8. The molecule has 0 aromatic carbocycles. The summed E-state index contributed by atoms with van der Waals surface area (Å²) in [6.45, 7) is 0. The Bertz CT molecular complexity index is 272. The van der Waals surface area contributed by atoms with Crippen molar-refractivity contribution in [1.29, 1.82) is 5.26 Å². The van der Waals surface area contributed by atoms with Gasteiger partial charge in [0.05, 0.1) is 6.07 Å². The topological polar surface area (TPSA) is 61.1 Å². The smallest absolute Gasteiger partial charge is 0.321 e. The maximum atomic E-state index is 11.0. The average molecular weight is 207 g/mol. The fourth-order valence-corrected chi connectivity index (χ4v) is 3.58. The first-order valence-electron chi connectivity index (χ1n) is 5.86. The molecule has 1 N–H and O–H groups in total. The average Bonchev–Trinajstić information content (AvgIpc) is 2.17. The molecular weight excluding hydrogens is 190 g/mol. The summed E-state index contributed by atoms with van der Waals surface area (Å²) in [5.41, 5.74) is 0. The molecule has 15 heavy (non-hydrogen) atoms. The molecule has 1 unspecified atom stereocenters. The third kappa shape index (κ3) is 1.86. The Balaban J connectivity index is 2.19. The molecule has 0 saturated heterocycles. The molecule has 2 saturated carbocycles. The number of rotatable bonds is 2. The van der Waals surface area contributed by atoms with E-state index in [1.165, 1.54) is 12.8 Å². The molecule has 1 atom stereocenters. The fourth-order valence-electron chi connectivity index (χ4n) is 3.58. The van der Waals surface area contributed by atoms with Crippen molar-refractivity contribution >= 4 is 5.97 Å². The number of carboxylic acid groups (broad SMARTS) is 1. The Morgan fingerprint density at radius 3 is 2.00 bits per heavy atom. The van der Waals surface area contributed by atoms with Crippen molar-refractivity contribution in [3.8, 4) is 6.07 Å². The molecule has 82 valence electrons. The summed E-state index contributed by atoms with van der Waals surface area (Å²) in [7, 11) is 0. The first-order valence-corrected chi connectivity index (χ1v) is 5.86. The summed E-state index contributed by atoms with van der Waals surface area (Å²) in [4.78, 5) is 11.0. The molecule has 0 aromatic rings. The van der Waals surface area contributed by atoms with Gasteiger partial charge in [0.25, 0.3) is 0 Å². The molecule has 2 fully saturated rings. The van der Waals surface area contributed by atoms with Crippen LogP contribution in [0.4, 0.5) is 0 Å². The second kappa shape index (κ2) is 4.22. The second-order valence-electron chi connectivity index (χ2n) is 4.90. The zero-order valence-electron chi connectivity index (χ0n) is 8.85. The number of nitriles is 1. The van der Waals surface area contributed by atoms with E-state index in [1.807, 2.05) is 6.07 Å². The number of carboxylic acids is 1. The molecule has 2 rings (SSSR count). The van der Waals surface area contributed by atoms with E-state index in [0.717, 1.165) is 25.7 Å². The summed E-state index contributed by atoms with van der Waals surface area (Å²) in [6, 6.07) is 2.00. The molecule has 3 nitrogen and oxygen atoms in total. The van der Waals surface area contributed by atoms with E-state index in [1.54, 1.807) is 0 Å². The van der Waals surface area contributed by atoms with Gasteiger partial charge in [-0.3, -0.25) is 4.79 Å². The van der Waals surface area contributed by atoms with Gasteiger partial charge in [0.15, 0.2) is 0 Å². The molecule has 0 aliphatic heterocycles. The molecule has 0 heterocycles. The van der Waals surface area contributed by atoms with Crippen molar-refractivity contribution in [3.05, 3.63) is 0 Å². The van der Waals surface area contributed by atoms with Gasteiger partial charge in [-0.05, 0) is 17.8 Å². The number of hydrogen-bond donors (Lipinski definition) is 1. The van der Waals surface area contributed by atoms with Crippen LogP contribution in [0.2, 0.25) is 0 Å². The SMILES string of the molecule is N#CC(C(=O)O)C1C2CCCC1CCC2. The molecule has 2 aliphatic rings. The molecule has 2 bridgehead atoms. The number of carbonyl (C=O) groups is 1. The van der Waals surface area contributed by atoms with Crippen LogP contribution in [-0.2, 0) is 4.79 Å². The van der Waals surface area contributed by atoms with E-state index in [-0.39, 0.29) is 5.92 Å². The van der Waals surface area contributed by atoms with Crippen molar-refractivity contribution in [1.82, 2.24) is 0 Å². The lowest BCUT2D eigenvalue weighted by Gasteiger charge is -2.43. The van der Waals surface area contributed by atoms with E-state index in [0.29, 0.717) is 11.8 Å². The largest absolute Gasteiger partial charge is 0.480 e. The predicted octanol–water partition coefficient (Wildman–Crippen LogP) is 2.43. The Hall–Kier alpha value is -1.04. The van der Waals surface area contributed by atoms with Crippen LogP contribution in [0.5, 0.6) is 0 Å². The fraction of sp³-hybridized carbons (Fsp3) is 0.833. The van der Waals surface area contributed by atoms with Gasteiger partial charge < -0.3 is 5.11 Å². The first kappa shape index (κ1) is 10.5. The number of fused-ring (bicyclic) bond motifs is 2. The van der Waals surface area contributed by atoms with E-state index in [4.69, 9.17) is 10.4 Å². The van der Waals surface area contributed by atoms with E-state index in [2.05, 4.69) is 0 Å². The quantitative estimate of drug-likeness (QED) is 0.756. The summed E-state index contributed by atoms with van der Waals surface area (Å²) in [5.74, 6) is -0.548. The van der Waals surface area contributed by atoms with Gasteiger partial charge in [0, 0.05) is 0 Å². The zero-order valence-corrected chi connectivity index (χ0v) is 8.85. The Morgan fingerprint density at radius 2 is 1.67 bits per heavy atom. The van der Waals surface area contributed by atoms with Crippen molar-refractivity contribution in [2.75, 3.05) is 0 Å². The predicted molar refractivity (Wildman–Crippen MR) is 54.9 cm³/mol. The van der Waals surface area contributed by atoms with Gasteiger partial charge >= 0.3 is 5.97 Å². The molecule has 0 amide bonds. The molecule has 0 aromatic heterocycles. The van der Waals surface area contributed by atoms with Crippen molar-refractivity contribution in [2.45, 2.75) is 38.5 Å². The van der Waals surface area contributed by atoms with E-state index >= 15 is 0 Å². The van der Waals surface area contributed by atoms with Crippen LogP contribution >= 0.6 is 0 Å². The minimum absolute atomic E-state index is 0.134. The molecule has 0 spiro atoms. The van der Waals surface area contributed by atoms with E-state index in [9.17, 15) is 4.79 Å². The lowest BCUT2D eigenvalue weighted by Crippen LogP contribution is -2.39. The lowest BCUT2D eigenvalue weighted by molar-refractivity contribution is -0.144. The second-order valence-corrected chi connectivity index (χ2v) is 4.90. The van der Waals surface area contributed by atoms with Gasteiger partial charge in [-0.25, -0.2) is 0 Å². The standard InChI is InChI=1S/C12H17NO2/c13-7-10(12(14)15)11-8-3-1-4-9(11)6-2-5-8/h8-11H,1-6H2,(H,14,15). The normalized spacial score (nSPS) is 36.6. The highest BCUT2D eigenvalue weighted by molar-refractivity contribution is 5.73. The first-order chi connectivity index (χ1) is 7.24. The maximum Gasteiger partial charge on any atom is 0.321 e. The summed E-state index contributed by atoms with van der Waals surface area (Å²) in [5, 5.41) is 18.0. The van der Waals surface area contributed by atoms with Crippen LogP contribution in [0.3, 0.4) is 0 Å². The monoisotopic (exact) mass is 207 g/mol. The van der Waals surface area contributed by atoms with Gasteiger partial charge in [-0.15, -0.1) is 0 Å². The van der Waals surface area contributed by atoms with Crippen LogP contribution in [0.15, 0.2) is 0 Å². The molecule has 0 radical (unpaired) electrons.